The molecule has 0 aliphatic carbocycles. The van der Waals surface area contributed by atoms with Gasteiger partial charge in [0.1, 0.15) is 11.6 Å². The molecular formula is C21H19FN6O. The molecule has 0 amide bonds. The van der Waals surface area contributed by atoms with Crippen molar-refractivity contribution in [1.29, 1.82) is 0 Å². The number of aromatic amines is 1. The largest absolute Gasteiger partial charge is 0.378 e. The molecular weight excluding hydrogens is 371 g/mol. The smallest absolute Gasteiger partial charge is 0.228 e. The number of H-pyrrole nitrogens is 1. The molecule has 4 aromatic rings. The summed E-state index contributed by atoms with van der Waals surface area (Å²) < 4.78 is 19.9. The third kappa shape index (κ3) is 3.62. The summed E-state index contributed by atoms with van der Waals surface area (Å²) in [6.45, 7) is 2.63. The Morgan fingerprint density at radius 1 is 1.03 bits per heavy atom. The van der Waals surface area contributed by atoms with Gasteiger partial charge in [-0.05, 0) is 30.3 Å². The van der Waals surface area contributed by atoms with Crippen LogP contribution in [0.5, 0.6) is 0 Å². The Hall–Kier alpha value is -3.52. The predicted octanol–water partition coefficient (Wildman–Crippen LogP) is 3.74. The zero-order valence-electron chi connectivity index (χ0n) is 15.6. The van der Waals surface area contributed by atoms with Gasteiger partial charge in [-0.25, -0.2) is 9.37 Å². The summed E-state index contributed by atoms with van der Waals surface area (Å²) in [5, 5.41) is 11.3. The number of morpholine rings is 1. The number of hydrogen-bond donors (Lipinski definition) is 2. The lowest BCUT2D eigenvalue weighted by molar-refractivity contribution is 0.122. The number of nitrogens with zero attached hydrogens (tertiary/aromatic N) is 4. The Morgan fingerprint density at radius 3 is 2.76 bits per heavy atom. The van der Waals surface area contributed by atoms with Crippen molar-refractivity contribution in [3.8, 4) is 11.3 Å². The van der Waals surface area contributed by atoms with E-state index in [4.69, 9.17) is 4.74 Å². The summed E-state index contributed by atoms with van der Waals surface area (Å²) in [6, 6.07) is 14.3. The lowest BCUT2D eigenvalue weighted by Crippen LogP contribution is -2.37. The Balaban J connectivity index is 1.55. The van der Waals surface area contributed by atoms with E-state index in [2.05, 4.69) is 30.4 Å². The van der Waals surface area contributed by atoms with Gasteiger partial charge >= 0.3 is 0 Å². The second kappa shape index (κ2) is 7.48. The highest BCUT2D eigenvalue weighted by atomic mass is 19.1. The molecule has 1 saturated heterocycles. The Bertz CT molecular complexity index is 1150. The molecule has 2 aromatic heterocycles. The van der Waals surface area contributed by atoms with E-state index in [0.717, 1.165) is 16.6 Å². The molecule has 0 bridgehead atoms. The van der Waals surface area contributed by atoms with E-state index in [1.165, 1.54) is 6.07 Å². The molecule has 0 unspecified atom stereocenters. The molecule has 0 radical (unpaired) electrons. The van der Waals surface area contributed by atoms with Crippen molar-refractivity contribution in [3.05, 3.63) is 60.5 Å². The average Bonchev–Trinajstić information content (AvgIpc) is 3.22. The molecule has 3 heterocycles. The van der Waals surface area contributed by atoms with E-state index in [1.54, 1.807) is 30.5 Å². The van der Waals surface area contributed by atoms with Gasteiger partial charge in [0.25, 0.3) is 0 Å². The van der Waals surface area contributed by atoms with Crippen LogP contribution in [0.15, 0.2) is 54.7 Å². The fraction of sp³-hybridized carbons (Fsp3) is 0.190. The standard InChI is InChI=1S/C21H19FN6O/c22-17-4-2-1-3-16(17)19-12-20(26-21(25-19)28-7-9-29-10-8-28)24-15-5-6-18-14(11-15)13-23-27-18/h1-6,11-13H,7-10H2,(H,23,27)(H,24,25,26). The van der Waals surface area contributed by atoms with Crippen LogP contribution in [-0.2, 0) is 4.74 Å². The van der Waals surface area contributed by atoms with Crippen LogP contribution < -0.4 is 10.2 Å². The minimum Gasteiger partial charge on any atom is -0.378 e. The van der Waals surface area contributed by atoms with E-state index in [-0.39, 0.29) is 5.82 Å². The molecule has 29 heavy (non-hydrogen) atoms. The van der Waals surface area contributed by atoms with Gasteiger partial charge in [0.05, 0.1) is 30.6 Å². The van der Waals surface area contributed by atoms with E-state index >= 15 is 0 Å². The quantitative estimate of drug-likeness (QED) is 0.553. The maximum Gasteiger partial charge on any atom is 0.228 e. The van der Waals surface area contributed by atoms with Crippen molar-refractivity contribution >= 4 is 28.4 Å². The molecule has 0 spiro atoms. The summed E-state index contributed by atoms with van der Waals surface area (Å²) in [7, 11) is 0. The van der Waals surface area contributed by atoms with Gasteiger partial charge in [0, 0.05) is 35.8 Å². The Morgan fingerprint density at radius 2 is 1.90 bits per heavy atom. The minimum atomic E-state index is -0.315. The van der Waals surface area contributed by atoms with Crippen molar-refractivity contribution in [3.63, 3.8) is 0 Å². The van der Waals surface area contributed by atoms with Gasteiger partial charge in [0.15, 0.2) is 0 Å². The molecule has 1 fully saturated rings. The highest BCUT2D eigenvalue weighted by Crippen LogP contribution is 2.28. The van der Waals surface area contributed by atoms with Gasteiger partial charge in [-0.1, -0.05) is 12.1 Å². The molecule has 2 N–H and O–H groups in total. The molecule has 0 saturated carbocycles. The van der Waals surface area contributed by atoms with Crippen LogP contribution in [0.25, 0.3) is 22.2 Å². The molecule has 5 rings (SSSR count). The summed E-state index contributed by atoms with van der Waals surface area (Å²) in [4.78, 5) is 11.4. The van der Waals surface area contributed by atoms with Crippen LogP contribution >= 0.6 is 0 Å². The Kier molecular flexibility index (Phi) is 4.53. The minimum absolute atomic E-state index is 0.315. The molecule has 146 valence electrons. The first kappa shape index (κ1) is 17.6. The average molecular weight is 390 g/mol. The maximum atomic E-state index is 14.4. The van der Waals surface area contributed by atoms with Gasteiger partial charge in [-0.3, -0.25) is 5.10 Å². The normalized spacial score (nSPS) is 14.3. The van der Waals surface area contributed by atoms with Gasteiger partial charge in [0.2, 0.25) is 5.95 Å². The van der Waals surface area contributed by atoms with Crippen LogP contribution in [0.4, 0.5) is 21.8 Å². The monoisotopic (exact) mass is 390 g/mol. The second-order valence-corrected chi connectivity index (χ2v) is 6.81. The molecule has 8 heteroatoms. The number of ether oxygens (including phenoxy) is 1. The van der Waals surface area contributed by atoms with E-state index in [9.17, 15) is 4.39 Å². The molecule has 7 nitrogen and oxygen atoms in total. The number of halogens is 1. The van der Waals surface area contributed by atoms with Crippen molar-refractivity contribution in [2.75, 3.05) is 36.5 Å². The van der Waals surface area contributed by atoms with Crippen molar-refractivity contribution in [1.82, 2.24) is 20.2 Å². The van der Waals surface area contributed by atoms with Gasteiger partial charge in [-0.2, -0.15) is 10.1 Å². The summed E-state index contributed by atoms with van der Waals surface area (Å²) in [6.07, 6.45) is 1.77. The van der Waals surface area contributed by atoms with Gasteiger partial charge < -0.3 is 15.0 Å². The summed E-state index contributed by atoms with van der Waals surface area (Å²) in [5.74, 6) is 0.841. The number of rotatable bonds is 4. The topological polar surface area (TPSA) is 79.0 Å². The first-order chi connectivity index (χ1) is 14.3. The third-order valence-corrected chi connectivity index (χ3v) is 4.87. The molecule has 1 aliphatic rings. The van der Waals surface area contributed by atoms with E-state index < -0.39 is 0 Å². The Labute approximate surface area is 166 Å². The zero-order valence-corrected chi connectivity index (χ0v) is 15.6. The third-order valence-electron chi connectivity index (χ3n) is 4.87. The lowest BCUT2D eigenvalue weighted by Gasteiger charge is -2.27. The number of aromatic nitrogens is 4. The van der Waals surface area contributed by atoms with Crippen LogP contribution in [0.2, 0.25) is 0 Å². The number of anilines is 3. The lowest BCUT2D eigenvalue weighted by atomic mass is 10.1. The van der Waals surface area contributed by atoms with E-state index in [0.29, 0.717) is 49.3 Å². The van der Waals surface area contributed by atoms with Crippen molar-refractivity contribution in [2.24, 2.45) is 0 Å². The van der Waals surface area contributed by atoms with Crippen molar-refractivity contribution < 1.29 is 9.13 Å². The number of hydrogen-bond acceptors (Lipinski definition) is 6. The fourth-order valence-electron chi connectivity index (χ4n) is 3.38. The van der Waals surface area contributed by atoms with Crippen LogP contribution in [-0.4, -0.2) is 46.5 Å². The number of nitrogens with one attached hydrogen (secondary N) is 2. The first-order valence-corrected chi connectivity index (χ1v) is 9.43. The summed E-state index contributed by atoms with van der Waals surface area (Å²) >= 11 is 0. The van der Waals surface area contributed by atoms with Crippen LogP contribution in [0, 0.1) is 5.82 Å². The fourth-order valence-corrected chi connectivity index (χ4v) is 3.38. The highest BCUT2D eigenvalue weighted by molar-refractivity contribution is 5.83. The zero-order chi connectivity index (χ0) is 19.6. The number of fused-ring (bicyclic) bond motifs is 1. The first-order valence-electron chi connectivity index (χ1n) is 9.43. The maximum absolute atomic E-state index is 14.4. The van der Waals surface area contributed by atoms with Crippen molar-refractivity contribution in [2.45, 2.75) is 0 Å². The SMILES string of the molecule is Fc1ccccc1-c1cc(Nc2ccc3[nH]ncc3c2)nc(N2CCOCC2)n1. The molecule has 2 aromatic carbocycles. The van der Waals surface area contributed by atoms with Crippen LogP contribution in [0.3, 0.4) is 0 Å². The second-order valence-electron chi connectivity index (χ2n) is 6.81. The highest BCUT2D eigenvalue weighted by Gasteiger charge is 2.17. The molecule has 1 aliphatic heterocycles. The number of benzene rings is 2. The predicted molar refractivity (Wildman–Crippen MR) is 110 cm³/mol. The van der Waals surface area contributed by atoms with E-state index in [1.807, 2.05) is 18.2 Å². The van der Waals surface area contributed by atoms with Crippen LogP contribution in [0.1, 0.15) is 0 Å². The van der Waals surface area contributed by atoms with Gasteiger partial charge in [-0.15, -0.1) is 0 Å². The molecule has 0 atom stereocenters. The summed E-state index contributed by atoms with van der Waals surface area (Å²) in [5.41, 5.74) is 2.80.